The Morgan fingerprint density at radius 3 is 1.68 bits per heavy atom. The van der Waals surface area contributed by atoms with E-state index in [1.54, 1.807) is 0 Å². The molecule has 1 N–H and O–H groups in total. The molecule has 0 aromatic heterocycles. The van der Waals surface area contributed by atoms with E-state index in [-0.39, 0.29) is 0 Å². The van der Waals surface area contributed by atoms with Gasteiger partial charge in [-0.05, 0) is 85.9 Å². The van der Waals surface area contributed by atoms with Crippen molar-refractivity contribution in [3.05, 3.63) is 0 Å². The van der Waals surface area contributed by atoms with E-state index in [2.05, 4.69) is 0 Å². The molecule has 0 saturated heterocycles. The van der Waals surface area contributed by atoms with Crippen molar-refractivity contribution in [2.24, 2.45) is 47.3 Å². The van der Waals surface area contributed by atoms with Gasteiger partial charge in [0.2, 0.25) is 0 Å². The van der Waals surface area contributed by atoms with Crippen LogP contribution in [0.25, 0.3) is 0 Å². The highest BCUT2D eigenvalue weighted by Gasteiger charge is 2.48. The molecule has 4 bridgehead atoms. The van der Waals surface area contributed by atoms with Crippen LogP contribution in [0.15, 0.2) is 0 Å². The molecule has 4 aliphatic rings. The van der Waals surface area contributed by atoms with E-state index in [9.17, 15) is 13.0 Å². The fourth-order valence-corrected chi connectivity index (χ4v) is 11.2. The summed E-state index contributed by atoms with van der Waals surface area (Å²) in [5.41, 5.74) is 0. The van der Waals surface area contributed by atoms with E-state index in [4.69, 9.17) is 0 Å². The molecule has 4 fully saturated rings. The molecule has 4 rings (SSSR count). The maximum atomic E-state index is 11.3. The van der Waals surface area contributed by atoms with Crippen LogP contribution in [0.1, 0.15) is 38.5 Å². The van der Waals surface area contributed by atoms with E-state index in [0.717, 1.165) is 46.8 Å². The molecule has 0 aromatic carbocycles. The molecule has 9 atom stereocenters. The summed E-state index contributed by atoms with van der Waals surface area (Å²) in [6.45, 7) is 0. The molecule has 143 valence electrons. The van der Waals surface area contributed by atoms with Gasteiger partial charge in [-0.25, -0.2) is 8.42 Å². The number of hydrogen-bond donors (Lipinski definition) is 1. The van der Waals surface area contributed by atoms with Crippen LogP contribution in [0.4, 0.5) is 0 Å². The summed E-state index contributed by atoms with van der Waals surface area (Å²) in [7, 11) is 4.03. The first-order valence-corrected chi connectivity index (χ1v) is 14.4. The van der Waals surface area contributed by atoms with Gasteiger partial charge in [-0.2, -0.15) is 0 Å². The van der Waals surface area contributed by atoms with Gasteiger partial charge in [0.1, 0.15) is 0 Å². The Labute approximate surface area is 165 Å². The van der Waals surface area contributed by atoms with Gasteiger partial charge in [-0.1, -0.05) is 21.6 Å². The maximum absolute atomic E-state index is 11.3. The minimum atomic E-state index is -1.64. The molecule has 0 heterocycles. The Morgan fingerprint density at radius 1 is 0.760 bits per heavy atom. The number of hydrogen-bond acceptors (Lipinski definition) is 4. The molecule has 4 aliphatic carbocycles. The SMILES string of the molecule is O=[S]C[C@H]1[C@@H]2CC[C@@H](C2)[C@@H]1CSSC[C@H]1[C@H]2CC[C@H](C2)[C@@H]1CS(=O)O. The molecule has 0 aliphatic heterocycles. The van der Waals surface area contributed by atoms with Crippen molar-refractivity contribution in [2.45, 2.75) is 38.5 Å². The zero-order chi connectivity index (χ0) is 17.4. The van der Waals surface area contributed by atoms with E-state index in [1.165, 1.54) is 44.3 Å². The van der Waals surface area contributed by atoms with Crippen LogP contribution in [0.3, 0.4) is 0 Å². The fraction of sp³-hybridized carbons (Fsp3) is 1.00. The van der Waals surface area contributed by atoms with Crippen LogP contribution in [0.2, 0.25) is 0 Å². The van der Waals surface area contributed by atoms with E-state index in [0.29, 0.717) is 29.4 Å². The zero-order valence-electron chi connectivity index (χ0n) is 14.6. The minimum absolute atomic E-state index is 0.477. The van der Waals surface area contributed by atoms with E-state index < -0.39 is 11.1 Å². The van der Waals surface area contributed by atoms with Crippen molar-refractivity contribution in [3.63, 3.8) is 0 Å². The van der Waals surface area contributed by atoms with Gasteiger partial charge in [-0.15, -0.1) is 0 Å². The lowest BCUT2D eigenvalue weighted by Gasteiger charge is -2.31. The molecular weight excluding hydrogens is 392 g/mol. The molecule has 1 unspecified atom stereocenters. The summed E-state index contributed by atoms with van der Waals surface area (Å²) in [6, 6.07) is 0. The van der Waals surface area contributed by atoms with Gasteiger partial charge in [0, 0.05) is 11.5 Å². The van der Waals surface area contributed by atoms with Crippen LogP contribution in [0.5, 0.6) is 0 Å². The van der Waals surface area contributed by atoms with Crippen LogP contribution in [-0.2, 0) is 22.7 Å². The summed E-state index contributed by atoms with van der Waals surface area (Å²) in [6.07, 6.45) is 8.03. The zero-order valence-corrected chi connectivity index (χ0v) is 17.9. The third-order valence-electron chi connectivity index (χ3n) is 7.75. The Balaban J connectivity index is 1.25. The molecule has 7 heteroatoms. The second-order valence-corrected chi connectivity index (χ2v) is 12.8. The summed E-state index contributed by atoms with van der Waals surface area (Å²) in [5, 5.41) is 0. The highest BCUT2D eigenvalue weighted by molar-refractivity contribution is 8.76. The highest BCUT2D eigenvalue weighted by Crippen LogP contribution is 2.56. The van der Waals surface area contributed by atoms with Crippen LogP contribution in [0, 0.1) is 47.3 Å². The average Bonchev–Trinajstić information content (AvgIpc) is 3.34. The van der Waals surface area contributed by atoms with Gasteiger partial charge in [0.05, 0.1) is 23.2 Å². The number of rotatable bonds is 9. The monoisotopic (exact) mass is 421 g/mol. The Kier molecular flexibility index (Phi) is 6.48. The van der Waals surface area contributed by atoms with Gasteiger partial charge in [0.15, 0.2) is 11.1 Å². The molecule has 3 nitrogen and oxygen atoms in total. The largest absolute Gasteiger partial charge is 0.306 e. The van der Waals surface area contributed by atoms with Crippen molar-refractivity contribution < 1.29 is 13.0 Å². The van der Waals surface area contributed by atoms with E-state index >= 15 is 0 Å². The smallest absolute Gasteiger partial charge is 0.153 e. The predicted molar refractivity (Wildman–Crippen MR) is 109 cm³/mol. The van der Waals surface area contributed by atoms with Crippen LogP contribution in [-0.4, -0.2) is 36.0 Å². The standard InChI is InChI=1S/C18H29O3S4/c19-22-7-15-11-1-2-12(5-11)16(15)8-23-24-9-17-13-3-4-14(6-13)18(17)10-25(20)21/h11-18H,1-10H2,(H,20,21)/t11-,12+,13+,14-,15+,16+,17+,18+/m1/s1. The minimum Gasteiger partial charge on any atom is -0.306 e. The van der Waals surface area contributed by atoms with Gasteiger partial charge in [-0.3, -0.25) is 0 Å². The lowest BCUT2D eigenvalue weighted by atomic mass is 9.81. The summed E-state index contributed by atoms with van der Waals surface area (Å²) >= 11 is -0.846. The summed E-state index contributed by atoms with van der Waals surface area (Å²) in [5.74, 6) is 9.44. The Morgan fingerprint density at radius 2 is 1.20 bits per heavy atom. The Bertz CT molecular complexity index is 517. The average molecular weight is 422 g/mol. The van der Waals surface area contributed by atoms with Crippen LogP contribution < -0.4 is 0 Å². The predicted octanol–water partition coefficient (Wildman–Crippen LogP) is 4.13. The third-order valence-corrected chi connectivity index (χ3v) is 11.5. The fourth-order valence-electron chi connectivity index (χ4n) is 6.59. The first-order chi connectivity index (χ1) is 12.2. The van der Waals surface area contributed by atoms with Crippen molar-refractivity contribution >= 4 is 44.3 Å². The molecular formula is C18H29O3S4. The quantitative estimate of drug-likeness (QED) is 0.345. The second kappa shape index (κ2) is 8.46. The molecule has 1 radical (unpaired) electrons. The van der Waals surface area contributed by atoms with Crippen LogP contribution >= 0.6 is 21.6 Å². The highest BCUT2D eigenvalue weighted by atomic mass is 33.1. The summed E-state index contributed by atoms with van der Waals surface area (Å²) < 4.78 is 31.7. The maximum Gasteiger partial charge on any atom is 0.153 e. The van der Waals surface area contributed by atoms with E-state index in [1.807, 2.05) is 21.6 Å². The van der Waals surface area contributed by atoms with Crippen molar-refractivity contribution in [3.8, 4) is 0 Å². The second-order valence-electron chi connectivity index (χ2n) is 8.66. The summed E-state index contributed by atoms with van der Waals surface area (Å²) in [4.78, 5) is 0. The van der Waals surface area contributed by atoms with Gasteiger partial charge < -0.3 is 4.55 Å². The normalized spacial score (nSPS) is 46.0. The van der Waals surface area contributed by atoms with Crippen molar-refractivity contribution in [2.75, 3.05) is 23.0 Å². The first-order valence-electron chi connectivity index (χ1n) is 9.74. The Hall–Kier alpha value is 0.830. The third kappa shape index (κ3) is 4.01. The topological polar surface area (TPSA) is 54.4 Å². The molecule has 0 amide bonds. The van der Waals surface area contributed by atoms with Gasteiger partial charge in [0.25, 0.3) is 0 Å². The number of fused-ring (bicyclic) bond motifs is 4. The molecule has 4 saturated carbocycles. The molecule has 0 aromatic rings. The van der Waals surface area contributed by atoms with Crippen molar-refractivity contribution in [1.82, 2.24) is 0 Å². The lowest BCUT2D eigenvalue weighted by Crippen LogP contribution is -2.29. The molecule has 25 heavy (non-hydrogen) atoms. The molecule has 0 spiro atoms. The lowest BCUT2D eigenvalue weighted by molar-refractivity contribution is 0.265. The van der Waals surface area contributed by atoms with Gasteiger partial charge >= 0.3 is 0 Å². The van der Waals surface area contributed by atoms with Crippen molar-refractivity contribution in [1.29, 1.82) is 0 Å². The first kappa shape index (κ1) is 19.2.